The number of ether oxygens (including phenoxy) is 4. The number of benzene rings is 2. The smallest absolute Gasteiger partial charge is 0.336 e. The molecule has 0 bridgehead atoms. The van der Waals surface area contributed by atoms with E-state index in [2.05, 4.69) is 29.2 Å². The molecule has 0 saturated heterocycles. The third kappa shape index (κ3) is 6.15. The van der Waals surface area contributed by atoms with Crippen molar-refractivity contribution in [2.45, 2.75) is 46.5 Å². The number of fused-ring (bicyclic) bond motifs is 1. The zero-order chi connectivity index (χ0) is 25.3. The summed E-state index contributed by atoms with van der Waals surface area (Å²) in [5, 5.41) is 7.63. The van der Waals surface area contributed by atoms with E-state index in [1.807, 2.05) is 49.4 Å². The second-order valence-electron chi connectivity index (χ2n) is 8.53. The van der Waals surface area contributed by atoms with Crippen LogP contribution in [0.5, 0.6) is 17.5 Å². The molecule has 0 spiro atoms. The molecule has 1 amide bonds. The molecule has 1 N–H and O–H groups in total. The van der Waals surface area contributed by atoms with Crippen LogP contribution in [0.4, 0.5) is 5.69 Å². The summed E-state index contributed by atoms with van der Waals surface area (Å²) >= 11 is 0. The molecule has 2 heterocycles. The number of carbonyl (C=O) groups is 1. The number of amides is 1. The van der Waals surface area contributed by atoms with Crippen molar-refractivity contribution in [1.82, 2.24) is 14.8 Å². The number of hydrogen-bond donors (Lipinski definition) is 1. The van der Waals surface area contributed by atoms with Crippen LogP contribution in [0.1, 0.15) is 46.5 Å². The molecule has 1 aliphatic rings. The first-order chi connectivity index (χ1) is 17.6. The highest BCUT2D eigenvalue weighted by molar-refractivity contribution is 5.92. The van der Waals surface area contributed by atoms with Crippen LogP contribution < -0.4 is 19.5 Å². The summed E-state index contributed by atoms with van der Waals surface area (Å²) in [5.41, 5.74) is 2.34. The van der Waals surface area contributed by atoms with E-state index in [1.54, 1.807) is 4.68 Å². The second kappa shape index (κ2) is 12.4. The lowest BCUT2D eigenvalue weighted by molar-refractivity contribution is -0.120. The number of carbonyl (C=O) groups excluding carboxylic acids is 1. The van der Waals surface area contributed by atoms with Crippen molar-refractivity contribution < 1.29 is 23.7 Å². The number of rotatable bonds is 13. The lowest BCUT2D eigenvalue weighted by Gasteiger charge is -2.15. The highest BCUT2D eigenvalue weighted by Crippen LogP contribution is 2.36. The number of nitrogens with one attached hydrogen (secondary N) is 1. The largest absolute Gasteiger partial charge is 0.460 e. The minimum Gasteiger partial charge on any atom is -0.460 e. The molecule has 0 saturated carbocycles. The van der Waals surface area contributed by atoms with Gasteiger partial charge in [0.1, 0.15) is 6.61 Å². The predicted octanol–water partition coefficient (Wildman–Crippen LogP) is 5.23. The second-order valence-corrected chi connectivity index (χ2v) is 8.53. The molecule has 1 aromatic heterocycles. The number of unbranched alkanes of at least 4 members (excludes halogenated alkanes) is 1. The molecular weight excluding hydrogens is 460 g/mol. The lowest BCUT2D eigenvalue weighted by atomic mass is 9.98. The molecular formula is C27H34N4O5. The van der Waals surface area contributed by atoms with Gasteiger partial charge < -0.3 is 24.3 Å². The highest BCUT2D eigenvalue weighted by atomic mass is 16.7. The minimum atomic E-state index is 0.0222. The Hall–Kier alpha value is -3.59. The van der Waals surface area contributed by atoms with Gasteiger partial charge in [-0.15, -0.1) is 5.10 Å². The molecule has 2 aromatic carbocycles. The summed E-state index contributed by atoms with van der Waals surface area (Å²) in [5.74, 6) is 2.04. The summed E-state index contributed by atoms with van der Waals surface area (Å²) in [6.45, 7) is 7.75. The van der Waals surface area contributed by atoms with Gasteiger partial charge in [0.2, 0.25) is 12.7 Å². The van der Waals surface area contributed by atoms with E-state index in [0.29, 0.717) is 37.1 Å². The summed E-state index contributed by atoms with van der Waals surface area (Å²) in [6.07, 6.45) is 3.86. The van der Waals surface area contributed by atoms with Crippen LogP contribution in [-0.2, 0) is 9.53 Å². The zero-order valence-corrected chi connectivity index (χ0v) is 21.2. The van der Waals surface area contributed by atoms with Gasteiger partial charge in [-0.1, -0.05) is 26.7 Å². The Morgan fingerprint density at radius 3 is 2.64 bits per heavy atom. The maximum Gasteiger partial charge on any atom is 0.336 e. The van der Waals surface area contributed by atoms with E-state index in [1.165, 1.54) is 0 Å². The van der Waals surface area contributed by atoms with Crippen LogP contribution in [0.2, 0.25) is 0 Å². The Morgan fingerprint density at radius 2 is 1.89 bits per heavy atom. The highest BCUT2D eigenvalue weighted by Gasteiger charge is 2.20. The van der Waals surface area contributed by atoms with E-state index in [4.69, 9.17) is 18.9 Å². The fourth-order valence-electron chi connectivity index (χ4n) is 3.99. The van der Waals surface area contributed by atoms with E-state index in [-0.39, 0.29) is 24.6 Å². The molecule has 0 fully saturated rings. The Morgan fingerprint density at radius 1 is 1.08 bits per heavy atom. The standard InChI is InChI=1S/C27H34N4O5/c1-4-7-8-19(5-2)26(32)28-21-10-12-22(13-11-21)31-25(29-27(30-31)34-16-15-33-6-3)20-9-14-23-24(17-20)36-18-35-23/h9-14,17,19H,4-8,15-16,18H2,1-3H3,(H,28,32)/t19-/m1/s1. The van der Waals surface area contributed by atoms with Gasteiger partial charge in [-0.3, -0.25) is 4.79 Å². The van der Waals surface area contributed by atoms with Gasteiger partial charge >= 0.3 is 6.01 Å². The van der Waals surface area contributed by atoms with E-state index in [9.17, 15) is 4.79 Å². The van der Waals surface area contributed by atoms with E-state index in [0.717, 1.165) is 42.6 Å². The van der Waals surface area contributed by atoms with Gasteiger partial charge in [0, 0.05) is 23.8 Å². The zero-order valence-electron chi connectivity index (χ0n) is 21.2. The summed E-state index contributed by atoms with van der Waals surface area (Å²) in [6, 6.07) is 13.4. The molecule has 9 nitrogen and oxygen atoms in total. The first kappa shape index (κ1) is 25.5. The molecule has 0 unspecified atom stereocenters. The fraction of sp³-hybridized carbons (Fsp3) is 0.444. The third-order valence-electron chi connectivity index (χ3n) is 6.03. The molecule has 0 radical (unpaired) electrons. The van der Waals surface area contributed by atoms with Crippen LogP contribution in [0, 0.1) is 5.92 Å². The molecule has 0 aliphatic carbocycles. The molecule has 1 atom stereocenters. The molecule has 9 heteroatoms. The molecule has 192 valence electrons. The van der Waals surface area contributed by atoms with Crippen LogP contribution in [-0.4, -0.2) is 47.3 Å². The minimum absolute atomic E-state index is 0.0222. The van der Waals surface area contributed by atoms with Crippen molar-refractivity contribution in [3.63, 3.8) is 0 Å². The quantitative estimate of drug-likeness (QED) is 0.325. The molecule has 3 aromatic rings. The summed E-state index contributed by atoms with van der Waals surface area (Å²) in [4.78, 5) is 17.3. The SMILES string of the molecule is CCCC[C@@H](CC)C(=O)Nc1ccc(-n2nc(OCCOCC)nc2-c2ccc3c(c2)OCO3)cc1. The normalized spacial score (nSPS) is 13.0. The van der Waals surface area contributed by atoms with Crippen molar-refractivity contribution in [2.24, 2.45) is 5.92 Å². The van der Waals surface area contributed by atoms with Crippen LogP contribution in [0.15, 0.2) is 42.5 Å². The molecule has 1 aliphatic heterocycles. The van der Waals surface area contributed by atoms with Gasteiger partial charge in [0.25, 0.3) is 0 Å². The van der Waals surface area contributed by atoms with Crippen molar-refractivity contribution in [3.05, 3.63) is 42.5 Å². The van der Waals surface area contributed by atoms with E-state index >= 15 is 0 Å². The Balaban J connectivity index is 1.56. The van der Waals surface area contributed by atoms with Gasteiger partial charge in [-0.25, -0.2) is 4.68 Å². The van der Waals surface area contributed by atoms with Gasteiger partial charge in [-0.2, -0.15) is 4.98 Å². The van der Waals surface area contributed by atoms with Crippen molar-refractivity contribution in [1.29, 1.82) is 0 Å². The Bertz CT molecular complexity index is 1150. The predicted molar refractivity (Wildman–Crippen MR) is 137 cm³/mol. The van der Waals surface area contributed by atoms with Crippen LogP contribution >= 0.6 is 0 Å². The van der Waals surface area contributed by atoms with Gasteiger partial charge in [0.15, 0.2) is 17.3 Å². The maximum atomic E-state index is 12.7. The van der Waals surface area contributed by atoms with E-state index < -0.39 is 0 Å². The fourth-order valence-corrected chi connectivity index (χ4v) is 3.99. The van der Waals surface area contributed by atoms with Crippen molar-refractivity contribution >= 4 is 11.6 Å². The Kier molecular flexibility index (Phi) is 8.78. The third-order valence-corrected chi connectivity index (χ3v) is 6.03. The summed E-state index contributed by atoms with van der Waals surface area (Å²) < 4.78 is 23.8. The molecule has 36 heavy (non-hydrogen) atoms. The summed E-state index contributed by atoms with van der Waals surface area (Å²) in [7, 11) is 0. The van der Waals surface area contributed by atoms with Gasteiger partial charge in [-0.05, 0) is 62.2 Å². The lowest BCUT2D eigenvalue weighted by Crippen LogP contribution is -2.22. The monoisotopic (exact) mass is 494 g/mol. The van der Waals surface area contributed by atoms with Crippen LogP contribution in [0.3, 0.4) is 0 Å². The number of nitrogens with zero attached hydrogens (tertiary/aromatic N) is 3. The average molecular weight is 495 g/mol. The number of anilines is 1. The average Bonchev–Trinajstić information content (AvgIpc) is 3.54. The molecule has 4 rings (SSSR count). The van der Waals surface area contributed by atoms with Crippen molar-refractivity contribution in [2.75, 3.05) is 31.9 Å². The number of aromatic nitrogens is 3. The first-order valence-corrected chi connectivity index (χ1v) is 12.6. The Labute approximate surface area is 211 Å². The number of hydrogen-bond acceptors (Lipinski definition) is 7. The van der Waals surface area contributed by atoms with Crippen molar-refractivity contribution in [3.8, 4) is 34.6 Å². The van der Waals surface area contributed by atoms with Gasteiger partial charge in [0.05, 0.1) is 12.3 Å². The topological polar surface area (TPSA) is 96.7 Å². The first-order valence-electron chi connectivity index (χ1n) is 12.6. The maximum absolute atomic E-state index is 12.7. The van der Waals surface area contributed by atoms with Crippen LogP contribution in [0.25, 0.3) is 17.1 Å².